The quantitative estimate of drug-likeness (QED) is 0.763. The van der Waals surface area contributed by atoms with E-state index in [2.05, 4.69) is 4.72 Å². The maximum atomic E-state index is 12.2. The number of rotatable bonds is 3. The highest BCUT2D eigenvalue weighted by Gasteiger charge is 2.19. The van der Waals surface area contributed by atoms with Crippen LogP contribution in [0.1, 0.15) is 0 Å². The van der Waals surface area contributed by atoms with Gasteiger partial charge < -0.3 is 0 Å². The first-order valence-electron chi connectivity index (χ1n) is 5.23. The average Bonchev–Trinajstić information content (AvgIpc) is 2.36. The minimum Gasteiger partial charge on any atom is -0.278 e. The van der Waals surface area contributed by atoms with E-state index in [0.29, 0.717) is 0 Å². The van der Waals surface area contributed by atoms with Crippen LogP contribution in [0.25, 0.3) is 0 Å². The summed E-state index contributed by atoms with van der Waals surface area (Å²) < 4.78 is 26.8. The Labute approximate surface area is 136 Å². The summed E-state index contributed by atoms with van der Waals surface area (Å²) in [4.78, 5) is -0.0520. The first-order chi connectivity index (χ1) is 9.31. The summed E-state index contributed by atoms with van der Waals surface area (Å²) in [7, 11) is -3.86. The SMILES string of the molecule is O=S(=O)(Nc1cc(Cl)c(Cl)cc1Cl)c1ccccc1Cl. The first kappa shape index (κ1) is 15.7. The van der Waals surface area contributed by atoms with E-state index in [1.165, 1.54) is 24.3 Å². The number of sulfonamides is 1. The van der Waals surface area contributed by atoms with E-state index >= 15 is 0 Å². The van der Waals surface area contributed by atoms with Crippen LogP contribution in [0.3, 0.4) is 0 Å². The zero-order chi connectivity index (χ0) is 14.9. The van der Waals surface area contributed by atoms with Crippen LogP contribution < -0.4 is 4.72 Å². The molecule has 0 saturated heterocycles. The van der Waals surface area contributed by atoms with E-state index in [1.54, 1.807) is 12.1 Å². The van der Waals surface area contributed by atoms with Gasteiger partial charge in [-0.2, -0.15) is 0 Å². The van der Waals surface area contributed by atoms with Gasteiger partial charge in [0.25, 0.3) is 10.0 Å². The predicted octanol–water partition coefficient (Wildman–Crippen LogP) is 5.10. The summed E-state index contributed by atoms with van der Waals surface area (Å²) in [5.74, 6) is 0. The van der Waals surface area contributed by atoms with Crippen LogP contribution in [-0.2, 0) is 10.0 Å². The van der Waals surface area contributed by atoms with Crippen LogP contribution in [0.2, 0.25) is 20.1 Å². The standard InChI is InChI=1S/C12H7Cl4NO2S/c13-7-3-1-2-4-12(7)20(18,19)17-11-6-9(15)8(14)5-10(11)16/h1-6,17H. The zero-order valence-corrected chi connectivity index (χ0v) is 13.5. The van der Waals surface area contributed by atoms with Crippen molar-refractivity contribution in [1.29, 1.82) is 0 Å². The van der Waals surface area contributed by atoms with E-state index in [4.69, 9.17) is 46.4 Å². The molecule has 3 nitrogen and oxygen atoms in total. The topological polar surface area (TPSA) is 46.2 Å². The van der Waals surface area contributed by atoms with Crippen molar-refractivity contribution in [3.63, 3.8) is 0 Å². The lowest BCUT2D eigenvalue weighted by Gasteiger charge is -2.11. The third-order valence-electron chi connectivity index (χ3n) is 2.38. The number of nitrogens with one attached hydrogen (secondary N) is 1. The third kappa shape index (κ3) is 3.32. The minimum atomic E-state index is -3.86. The summed E-state index contributed by atoms with van der Waals surface area (Å²) in [5.41, 5.74) is 0.126. The van der Waals surface area contributed by atoms with Crippen molar-refractivity contribution in [2.24, 2.45) is 0 Å². The Morgan fingerprint density at radius 1 is 0.800 bits per heavy atom. The number of anilines is 1. The van der Waals surface area contributed by atoms with E-state index in [-0.39, 0.29) is 30.7 Å². The monoisotopic (exact) mass is 369 g/mol. The van der Waals surface area contributed by atoms with Gasteiger partial charge in [-0.05, 0) is 24.3 Å². The van der Waals surface area contributed by atoms with Gasteiger partial charge in [0.05, 0.1) is 25.8 Å². The molecule has 0 aliphatic heterocycles. The maximum absolute atomic E-state index is 12.2. The van der Waals surface area contributed by atoms with Gasteiger partial charge in [-0.25, -0.2) is 8.42 Å². The molecule has 1 N–H and O–H groups in total. The Bertz CT molecular complexity index is 762. The van der Waals surface area contributed by atoms with Gasteiger partial charge in [0, 0.05) is 0 Å². The number of hydrogen-bond donors (Lipinski definition) is 1. The maximum Gasteiger partial charge on any atom is 0.263 e. The molecule has 0 fully saturated rings. The fourth-order valence-corrected chi connectivity index (χ4v) is 3.70. The van der Waals surface area contributed by atoms with Crippen LogP contribution in [0.5, 0.6) is 0 Å². The minimum absolute atomic E-state index is 0.0520. The van der Waals surface area contributed by atoms with Crippen molar-refractivity contribution >= 4 is 62.1 Å². The Balaban J connectivity index is 2.44. The Morgan fingerprint density at radius 3 is 2.05 bits per heavy atom. The van der Waals surface area contributed by atoms with Gasteiger partial charge in [0.15, 0.2) is 0 Å². The summed E-state index contributed by atoms with van der Waals surface area (Å²) in [6.45, 7) is 0. The summed E-state index contributed by atoms with van der Waals surface area (Å²) in [5, 5.41) is 0.663. The molecule has 0 spiro atoms. The van der Waals surface area contributed by atoms with Crippen molar-refractivity contribution in [3.05, 3.63) is 56.5 Å². The summed E-state index contributed by atoms with van der Waals surface area (Å²) in [6, 6.07) is 8.75. The number of halogens is 4. The molecule has 2 aromatic rings. The molecule has 2 rings (SSSR count). The molecule has 2 aromatic carbocycles. The second kappa shape index (κ2) is 6.00. The summed E-state index contributed by atoms with van der Waals surface area (Å²) in [6.07, 6.45) is 0. The lowest BCUT2D eigenvalue weighted by Crippen LogP contribution is -2.13. The average molecular weight is 371 g/mol. The zero-order valence-electron chi connectivity index (χ0n) is 9.70. The number of hydrogen-bond acceptors (Lipinski definition) is 2. The van der Waals surface area contributed by atoms with E-state index < -0.39 is 10.0 Å². The molecular weight excluding hydrogens is 364 g/mol. The van der Waals surface area contributed by atoms with Gasteiger partial charge in [0.1, 0.15) is 4.90 Å². The molecule has 0 bridgehead atoms. The van der Waals surface area contributed by atoms with Crippen molar-refractivity contribution in [3.8, 4) is 0 Å². The molecule has 106 valence electrons. The lowest BCUT2D eigenvalue weighted by atomic mass is 10.3. The molecule has 0 aliphatic rings. The van der Waals surface area contributed by atoms with Crippen LogP contribution in [-0.4, -0.2) is 8.42 Å². The Morgan fingerprint density at radius 2 is 1.40 bits per heavy atom. The third-order valence-corrected chi connectivity index (χ3v) is 5.28. The predicted molar refractivity (Wildman–Crippen MR) is 83.7 cm³/mol. The lowest BCUT2D eigenvalue weighted by molar-refractivity contribution is 0.601. The van der Waals surface area contributed by atoms with E-state index in [0.717, 1.165) is 0 Å². The second-order valence-electron chi connectivity index (χ2n) is 3.78. The fourth-order valence-electron chi connectivity index (χ4n) is 1.46. The van der Waals surface area contributed by atoms with Gasteiger partial charge in [-0.15, -0.1) is 0 Å². The van der Waals surface area contributed by atoms with Gasteiger partial charge in [-0.3, -0.25) is 4.72 Å². The van der Waals surface area contributed by atoms with Crippen molar-refractivity contribution in [2.75, 3.05) is 4.72 Å². The van der Waals surface area contributed by atoms with E-state index in [1.807, 2.05) is 0 Å². The molecule has 8 heteroatoms. The van der Waals surface area contributed by atoms with Crippen LogP contribution in [0.15, 0.2) is 41.3 Å². The Kier molecular flexibility index (Phi) is 4.72. The van der Waals surface area contributed by atoms with Crippen molar-refractivity contribution in [2.45, 2.75) is 4.90 Å². The van der Waals surface area contributed by atoms with Gasteiger partial charge in [0.2, 0.25) is 0 Å². The normalized spacial score (nSPS) is 11.4. The van der Waals surface area contributed by atoms with Crippen molar-refractivity contribution in [1.82, 2.24) is 0 Å². The first-order valence-corrected chi connectivity index (χ1v) is 8.22. The van der Waals surface area contributed by atoms with Crippen LogP contribution in [0, 0.1) is 0 Å². The van der Waals surface area contributed by atoms with Gasteiger partial charge in [-0.1, -0.05) is 58.5 Å². The molecule has 0 atom stereocenters. The smallest absolute Gasteiger partial charge is 0.263 e. The Hall–Kier alpha value is -0.650. The highest BCUT2D eigenvalue weighted by Crippen LogP contribution is 2.34. The molecule has 0 heterocycles. The number of benzene rings is 2. The molecule has 0 aliphatic carbocycles. The molecule has 0 aromatic heterocycles. The second-order valence-corrected chi connectivity index (χ2v) is 7.06. The largest absolute Gasteiger partial charge is 0.278 e. The highest BCUT2D eigenvalue weighted by atomic mass is 35.5. The van der Waals surface area contributed by atoms with Gasteiger partial charge >= 0.3 is 0 Å². The summed E-state index contributed by atoms with van der Waals surface area (Å²) >= 11 is 23.4. The van der Waals surface area contributed by atoms with E-state index in [9.17, 15) is 8.42 Å². The molecule has 0 amide bonds. The molecular formula is C12H7Cl4NO2S. The van der Waals surface area contributed by atoms with Crippen LogP contribution >= 0.6 is 46.4 Å². The van der Waals surface area contributed by atoms with Crippen molar-refractivity contribution < 1.29 is 8.42 Å². The molecule has 0 radical (unpaired) electrons. The fraction of sp³-hybridized carbons (Fsp3) is 0. The molecule has 20 heavy (non-hydrogen) atoms. The molecule has 0 saturated carbocycles. The molecule has 0 unspecified atom stereocenters. The van der Waals surface area contributed by atoms with Crippen LogP contribution in [0.4, 0.5) is 5.69 Å². The highest BCUT2D eigenvalue weighted by molar-refractivity contribution is 7.92.